The van der Waals surface area contributed by atoms with Crippen LogP contribution in [-0.4, -0.2) is 48.5 Å². The van der Waals surface area contributed by atoms with Crippen LogP contribution in [0.25, 0.3) is 0 Å². The zero-order chi connectivity index (χ0) is 18.4. The maximum Gasteiger partial charge on any atom is 0.239 e. The third-order valence-corrected chi connectivity index (χ3v) is 4.50. The predicted octanol–water partition coefficient (Wildman–Crippen LogP) is 1.42. The van der Waals surface area contributed by atoms with Crippen molar-refractivity contribution in [1.82, 2.24) is 15.6 Å². The summed E-state index contributed by atoms with van der Waals surface area (Å²) in [5.74, 6) is 0.573. The molecule has 9 heteroatoms. The lowest BCUT2D eigenvalue weighted by atomic mass is 10.0. The number of piperidine rings is 1. The molecular formula is C18H31Cl2N5O2. The summed E-state index contributed by atoms with van der Waals surface area (Å²) in [4.78, 5) is 30.6. The highest BCUT2D eigenvalue weighted by molar-refractivity contribution is 5.87. The SMILES string of the molecule is Cc1cccc(N2CCC(NC(=O)CNC(=O)[C@@H](N)C(C)C)CC2)n1.Cl.Cl. The van der Waals surface area contributed by atoms with Crippen LogP contribution in [0.1, 0.15) is 32.4 Å². The predicted molar refractivity (Wildman–Crippen MR) is 113 cm³/mol. The Kier molecular flexibility index (Phi) is 11.3. The summed E-state index contributed by atoms with van der Waals surface area (Å²) >= 11 is 0. The van der Waals surface area contributed by atoms with E-state index in [9.17, 15) is 9.59 Å². The van der Waals surface area contributed by atoms with Crippen LogP contribution in [0.2, 0.25) is 0 Å². The normalized spacial score (nSPS) is 15.4. The number of aryl methyl sites for hydroxylation is 1. The van der Waals surface area contributed by atoms with Gasteiger partial charge in [-0.25, -0.2) is 4.98 Å². The van der Waals surface area contributed by atoms with Crippen LogP contribution in [0.4, 0.5) is 5.82 Å². The van der Waals surface area contributed by atoms with E-state index >= 15 is 0 Å². The Hall–Kier alpha value is -1.57. The molecule has 0 aliphatic carbocycles. The van der Waals surface area contributed by atoms with Gasteiger partial charge in [0.25, 0.3) is 0 Å². The average Bonchev–Trinajstić information content (AvgIpc) is 2.59. The summed E-state index contributed by atoms with van der Waals surface area (Å²) in [5, 5.41) is 5.58. The molecule has 2 heterocycles. The summed E-state index contributed by atoms with van der Waals surface area (Å²) in [6.07, 6.45) is 1.72. The van der Waals surface area contributed by atoms with Crippen molar-refractivity contribution in [2.75, 3.05) is 24.5 Å². The quantitative estimate of drug-likeness (QED) is 0.646. The number of rotatable bonds is 6. The Morgan fingerprint density at radius 2 is 1.89 bits per heavy atom. The van der Waals surface area contributed by atoms with E-state index in [-0.39, 0.29) is 55.1 Å². The molecule has 0 radical (unpaired) electrons. The minimum atomic E-state index is -0.585. The van der Waals surface area contributed by atoms with E-state index in [1.165, 1.54) is 0 Å². The lowest BCUT2D eigenvalue weighted by molar-refractivity contribution is -0.127. The van der Waals surface area contributed by atoms with Gasteiger partial charge < -0.3 is 21.3 Å². The molecule has 27 heavy (non-hydrogen) atoms. The van der Waals surface area contributed by atoms with Gasteiger partial charge in [-0.15, -0.1) is 24.8 Å². The van der Waals surface area contributed by atoms with Gasteiger partial charge in [0, 0.05) is 24.8 Å². The molecule has 1 saturated heterocycles. The molecule has 1 atom stereocenters. The monoisotopic (exact) mass is 419 g/mol. The van der Waals surface area contributed by atoms with Crippen LogP contribution >= 0.6 is 24.8 Å². The number of nitrogens with one attached hydrogen (secondary N) is 2. The second-order valence-corrected chi connectivity index (χ2v) is 6.95. The van der Waals surface area contributed by atoms with Crippen LogP contribution in [0.3, 0.4) is 0 Å². The van der Waals surface area contributed by atoms with Gasteiger partial charge in [-0.05, 0) is 37.8 Å². The van der Waals surface area contributed by atoms with Crippen LogP contribution in [-0.2, 0) is 9.59 Å². The number of halogens is 2. The van der Waals surface area contributed by atoms with Crippen molar-refractivity contribution >= 4 is 42.4 Å². The van der Waals surface area contributed by atoms with E-state index in [4.69, 9.17) is 5.73 Å². The summed E-state index contributed by atoms with van der Waals surface area (Å²) in [6.45, 7) is 7.41. The van der Waals surface area contributed by atoms with Gasteiger partial charge in [0.05, 0.1) is 12.6 Å². The Balaban J connectivity index is 0.00000338. The summed E-state index contributed by atoms with van der Waals surface area (Å²) in [7, 11) is 0. The smallest absolute Gasteiger partial charge is 0.239 e. The number of nitrogens with zero attached hydrogens (tertiary/aromatic N) is 2. The highest BCUT2D eigenvalue weighted by atomic mass is 35.5. The Bertz CT molecular complexity index is 607. The zero-order valence-electron chi connectivity index (χ0n) is 16.1. The van der Waals surface area contributed by atoms with Crippen molar-refractivity contribution in [2.24, 2.45) is 11.7 Å². The first-order valence-electron chi connectivity index (χ1n) is 8.88. The molecule has 1 fully saturated rings. The molecule has 0 unspecified atom stereocenters. The molecule has 2 amide bonds. The summed E-state index contributed by atoms with van der Waals surface area (Å²) < 4.78 is 0. The molecule has 4 N–H and O–H groups in total. The Morgan fingerprint density at radius 3 is 2.44 bits per heavy atom. The first kappa shape index (κ1) is 25.4. The number of carbonyl (C=O) groups is 2. The maximum absolute atomic E-state index is 12.0. The molecule has 1 aliphatic heterocycles. The number of anilines is 1. The Morgan fingerprint density at radius 1 is 1.26 bits per heavy atom. The molecule has 0 bridgehead atoms. The van der Waals surface area contributed by atoms with E-state index in [1.54, 1.807) is 0 Å². The summed E-state index contributed by atoms with van der Waals surface area (Å²) in [6, 6.07) is 5.55. The second-order valence-electron chi connectivity index (χ2n) is 6.95. The summed E-state index contributed by atoms with van der Waals surface area (Å²) in [5.41, 5.74) is 6.76. The minimum Gasteiger partial charge on any atom is -0.356 e. The number of pyridine rings is 1. The lowest BCUT2D eigenvalue weighted by Gasteiger charge is -2.33. The first-order valence-corrected chi connectivity index (χ1v) is 8.88. The van der Waals surface area contributed by atoms with E-state index in [0.29, 0.717) is 0 Å². The highest BCUT2D eigenvalue weighted by Crippen LogP contribution is 2.18. The van der Waals surface area contributed by atoms with Crippen molar-refractivity contribution in [3.8, 4) is 0 Å². The Labute approximate surface area is 173 Å². The molecule has 0 spiro atoms. The minimum absolute atomic E-state index is 0. The number of hydrogen-bond donors (Lipinski definition) is 3. The van der Waals surface area contributed by atoms with Crippen molar-refractivity contribution in [2.45, 2.75) is 45.7 Å². The number of nitrogens with two attached hydrogens (primary N) is 1. The van der Waals surface area contributed by atoms with Crippen molar-refractivity contribution in [3.63, 3.8) is 0 Å². The van der Waals surface area contributed by atoms with E-state index in [1.807, 2.05) is 39.0 Å². The molecule has 2 rings (SSSR count). The molecular weight excluding hydrogens is 389 g/mol. The number of hydrogen-bond acceptors (Lipinski definition) is 5. The van der Waals surface area contributed by atoms with E-state index < -0.39 is 6.04 Å². The fraction of sp³-hybridized carbons (Fsp3) is 0.611. The molecule has 1 aliphatic rings. The van der Waals surface area contributed by atoms with Gasteiger partial charge in [-0.2, -0.15) is 0 Å². The van der Waals surface area contributed by atoms with Crippen LogP contribution in [0.15, 0.2) is 18.2 Å². The fourth-order valence-corrected chi connectivity index (χ4v) is 2.82. The van der Waals surface area contributed by atoms with Crippen LogP contribution < -0.4 is 21.3 Å². The van der Waals surface area contributed by atoms with Gasteiger partial charge >= 0.3 is 0 Å². The van der Waals surface area contributed by atoms with Gasteiger partial charge in [0.15, 0.2) is 0 Å². The number of amides is 2. The van der Waals surface area contributed by atoms with Crippen molar-refractivity contribution < 1.29 is 9.59 Å². The molecule has 1 aromatic heterocycles. The molecule has 0 saturated carbocycles. The van der Waals surface area contributed by atoms with E-state index in [2.05, 4.69) is 20.5 Å². The topological polar surface area (TPSA) is 100 Å². The first-order chi connectivity index (χ1) is 11.9. The third kappa shape index (κ3) is 7.91. The van der Waals surface area contributed by atoms with Crippen LogP contribution in [0, 0.1) is 12.8 Å². The zero-order valence-corrected chi connectivity index (χ0v) is 17.7. The number of carbonyl (C=O) groups excluding carboxylic acids is 2. The number of aromatic nitrogens is 1. The molecule has 7 nitrogen and oxygen atoms in total. The van der Waals surface area contributed by atoms with Gasteiger partial charge in [-0.1, -0.05) is 19.9 Å². The largest absolute Gasteiger partial charge is 0.356 e. The van der Waals surface area contributed by atoms with Gasteiger partial charge in [-0.3, -0.25) is 9.59 Å². The molecule has 0 aromatic carbocycles. The van der Waals surface area contributed by atoms with Crippen LogP contribution in [0.5, 0.6) is 0 Å². The second kappa shape index (κ2) is 12.0. The van der Waals surface area contributed by atoms with Crippen molar-refractivity contribution in [3.05, 3.63) is 23.9 Å². The maximum atomic E-state index is 12.0. The third-order valence-electron chi connectivity index (χ3n) is 4.50. The highest BCUT2D eigenvalue weighted by Gasteiger charge is 2.22. The fourth-order valence-electron chi connectivity index (χ4n) is 2.82. The standard InChI is InChI=1S/C18H29N5O2.2ClH/c1-12(2)17(19)18(25)20-11-16(24)22-14-7-9-23(10-8-14)15-6-4-5-13(3)21-15;;/h4-6,12,14,17H,7-11,19H2,1-3H3,(H,20,25)(H,22,24);2*1H/t17-;;/m0../s1. The molecule has 1 aromatic rings. The average molecular weight is 420 g/mol. The van der Waals surface area contributed by atoms with Crippen molar-refractivity contribution in [1.29, 1.82) is 0 Å². The van der Waals surface area contributed by atoms with Gasteiger partial charge in [0.1, 0.15) is 5.82 Å². The lowest BCUT2D eigenvalue weighted by Crippen LogP contribution is -2.50. The van der Waals surface area contributed by atoms with E-state index in [0.717, 1.165) is 37.4 Å². The van der Waals surface area contributed by atoms with Gasteiger partial charge in [0.2, 0.25) is 11.8 Å². The molecule has 154 valence electrons.